The van der Waals surface area contributed by atoms with Crippen molar-refractivity contribution >= 4 is 11.7 Å². The molecular formula is C18H23N5O2. The van der Waals surface area contributed by atoms with Crippen LogP contribution in [0.3, 0.4) is 0 Å². The Bertz CT molecular complexity index is 752. The quantitative estimate of drug-likeness (QED) is 0.885. The van der Waals surface area contributed by atoms with E-state index in [1.165, 1.54) is 0 Å². The number of amides is 1. The van der Waals surface area contributed by atoms with Gasteiger partial charge in [-0.15, -0.1) is 0 Å². The van der Waals surface area contributed by atoms with Crippen LogP contribution < -0.4 is 10.5 Å². The summed E-state index contributed by atoms with van der Waals surface area (Å²) >= 11 is 0. The first kappa shape index (κ1) is 17.2. The number of carbonyl (C=O) groups excluding carboxylic acids is 1. The van der Waals surface area contributed by atoms with Crippen LogP contribution in [0.1, 0.15) is 22.6 Å². The average Bonchev–Trinajstić information content (AvgIpc) is 3.11. The number of aromatic nitrogens is 2. The zero-order chi connectivity index (χ0) is 17.8. The fourth-order valence-corrected chi connectivity index (χ4v) is 3.12. The minimum absolute atomic E-state index is 0.00792. The number of nitrogens with two attached hydrogens (primary N) is 1. The summed E-state index contributed by atoms with van der Waals surface area (Å²) in [7, 11) is 3.60. The van der Waals surface area contributed by atoms with Crippen molar-refractivity contribution in [2.24, 2.45) is 0 Å². The molecule has 7 nitrogen and oxygen atoms in total. The number of anilines is 1. The zero-order valence-electron chi connectivity index (χ0n) is 14.6. The number of para-hydroxylation sites is 1. The van der Waals surface area contributed by atoms with Gasteiger partial charge >= 0.3 is 0 Å². The highest BCUT2D eigenvalue weighted by atomic mass is 16.5. The fourth-order valence-electron chi connectivity index (χ4n) is 3.12. The van der Waals surface area contributed by atoms with E-state index in [-0.39, 0.29) is 11.9 Å². The lowest BCUT2D eigenvalue weighted by molar-refractivity contribution is 0.0776. The van der Waals surface area contributed by atoms with Gasteiger partial charge in [0.1, 0.15) is 17.4 Å². The first-order valence-corrected chi connectivity index (χ1v) is 8.28. The van der Waals surface area contributed by atoms with Crippen molar-refractivity contribution in [3.05, 3.63) is 47.9 Å². The molecule has 7 heteroatoms. The topological polar surface area (TPSA) is 84.6 Å². The smallest absolute Gasteiger partial charge is 0.257 e. The molecule has 1 aromatic heterocycles. The summed E-state index contributed by atoms with van der Waals surface area (Å²) in [5.41, 5.74) is 6.31. The Balaban J connectivity index is 1.64. The minimum Gasteiger partial charge on any atom is -0.496 e. The van der Waals surface area contributed by atoms with Crippen LogP contribution in [0.4, 0.5) is 5.82 Å². The van der Waals surface area contributed by atoms with Gasteiger partial charge in [0.2, 0.25) is 0 Å². The van der Waals surface area contributed by atoms with Crippen molar-refractivity contribution in [3.8, 4) is 5.75 Å². The van der Waals surface area contributed by atoms with Crippen molar-refractivity contribution in [2.45, 2.75) is 19.0 Å². The highest BCUT2D eigenvalue weighted by molar-refractivity contribution is 5.97. The number of likely N-dealkylation sites (N-methyl/N-ethyl adjacent to an activating group) is 1. The van der Waals surface area contributed by atoms with Gasteiger partial charge in [0.05, 0.1) is 19.2 Å². The minimum atomic E-state index is 0.00792. The number of benzene rings is 1. The summed E-state index contributed by atoms with van der Waals surface area (Å²) in [5, 5.41) is 0. The Hall–Kier alpha value is -2.67. The summed E-state index contributed by atoms with van der Waals surface area (Å²) in [5.74, 6) is 1.78. The third-order valence-electron chi connectivity index (χ3n) is 4.53. The molecule has 0 spiro atoms. The average molecular weight is 341 g/mol. The maximum absolute atomic E-state index is 12.8. The molecule has 1 fully saturated rings. The summed E-state index contributed by atoms with van der Waals surface area (Å²) in [6, 6.07) is 9.27. The Morgan fingerprint density at radius 3 is 2.96 bits per heavy atom. The second kappa shape index (κ2) is 7.48. The molecule has 1 aromatic carbocycles. The molecule has 1 atom stereocenters. The van der Waals surface area contributed by atoms with Gasteiger partial charge in [0.25, 0.3) is 5.91 Å². The van der Waals surface area contributed by atoms with Gasteiger partial charge in [-0.3, -0.25) is 9.69 Å². The number of methoxy groups -OCH3 is 1. The largest absolute Gasteiger partial charge is 0.496 e. The van der Waals surface area contributed by atoms with Gasteiger partial charge in [0, 0.05) is 25.3 Å². The van der Waals surface area contributed by atoms with Gasteiger partial charge in [0.15, 0.2) is 0 Å². The molecule has 0 unspecified atom stereocenters. The SMILES string of the molecule is COc1ccccc1C(=O)N1CC[C@@H](N(C)Cc2nccc(N)n2)C1. The van der Waals surface area contributed by atoms with Gasteiger partial charge in [-0.1, -0.05) is 12.1 Å². The maximum atomic E-state index is 12.8. The van der Waals surface area contributed by atoms with Crippen LogP contribution in [0.25, 0.3) is 0 Å². The lowest BCUT2D eigenvalue weighted by atomic mass is 10.2. The molecule has 3 rings (SSSR count). The van der Waals surface area contributed by atoms with Gasteiger partial charge in [-0.05, 0) is 31.7 Å². The standard InChI is InChI=1S/C18H23N5O2/c1-22(12-17-20-9-7-16(19)21-17)13-8-10-23(11-13)18(24)14-5-3-4-6-15(14)25-2/h3-7,9,13H,8,10-12H2,1-2H3,(H2,19,20,21)/t13-/m1/s1. The zero-order valence-corrected chi connectivity index (χ0v) is 14.6. The first-order chi connectivity index (χ1) is 12.1. The van der Waals surface area contributed by atoms with Crippen LogP contribution in [0.15, 0.2) is 36.5 Å². The molecule has 0 saturated carbocycles. The molecule has 1 aliphatic heterocycles. The second-order valence-corrected chi connectivity index (χ2v) is 6.21. The van der Waals surface area contributed by atoms with E-state index < -0.39 is 0 Å². The fraction of sp³-hybridized carbons (Fsp3) is 0.389. The molecule has 0 aliphatic carbocycles. The van der Waals surface area contributed by atoms with Gasteiger partial charge in [-0.25, -0.2) is 9.97 Å². The molecular weight excluding hydrogens is 318 g/mol. The Kier molecular flexibility index (Phi) is 5.14. The molecule has 1 saturated heterocycles. The van der Waals surface area contributed by atoms with E-state index in [1.807, 2.05) is 30.1 Å². The Morgan fingerprint density at radius 2 is 2.20 bits per heavy atom. The third kappa shape index (κ3) is 3.88. The molecule has 2 aromatic rings. The first-order valence-electron chi connectivity index (χ1n) is 8.28. The monoisotopic (exact) mass is 341 g/mol. The van der Waals surface area contributed by atoms with Crippen LogP contribution in [-0.4, -0.2) is 59.0 Å². The van der Waals surface area contributed by atoms with E-state index in [4.69, 9.17) is 10.5 Å². The number of likely N-dealkylation sites (tertiary alicyclic amines) is 1. The van der Waals surface area contributed by atoms with E-state index >= 15 is 0 Å². The molecule has 25 heavy (non-hydrogen) atoms. The summed E-state index contributed by atoms with van der Waals surface area (Å²) in [4.78, 5) is 25.3. The van der Waals surface area contributed by atoms with Crippen molar-refractivity contribution in [1.29, 1.82) is 0 Å². The number of ether oxygens (including phenoxy) is 1. The molecule has 2 N–H and O–H groups in total. The summed E-state index contributed by atoms with van der Waals surface area (Å²) < 4.78 is 5.30. The lowest BCUT2D eigenvalue weighted by Crippen LogP contribution is -2.36. The Labute approximate surface area is 147 Å². The maximum Gasteiger partial charge on any atom is 0.257 e. The number of carbonyl (C=O) groups is 1. The van der Waals surface area contributed by atoms with Crippen molar-refractivity contribution in [1.82, 2.24) is 19.8 Å². The van der Waals surface area contributed by atoms with Crippen molar-refractivity contribution < 1.29 is 9.53 Å². The number of rotatable bonds is 5. The molecule has 132 valence electrons. The normalized spacial score (nSPS) is 17.1. The number of hydrogen-bond acceptors (Lipinski definition) is 6. The van der Waals surface area contributed by atoms with Gasteiger partial charge in [-0.2, -0.15) is 0 Å². The van der Waals surface area contributed by atoms with Crippen LogP contribution in [0.2, 0.25) is 0 Å². The van der Waals surface area contributed by atoms with Crippen LogP contribution in [-0.2, 0) is 6.54 Å². The third-order valence-corrected chi connectivity index (χ3v) is 4.53. The summed E-state index contributed by atoms with van der Waals surface area (Å²) in [6.07, 6.45) is 2.58. The predicted octanol–water partition coefficient (Wildman–Crippen LogP) is 1.41. The molecule has 0 radical (unpaired) electrons. The van der Waals surface area contributed by atoms with E-state index in [0.29, 0.717) is 36.0 Å². The van der Waals surface area contributed by atoms with E-state index in [9.17, 15) is 4.79 Å². The number of nitrogen functional groups attached to an aromatic ring is 1. The van der Waals surface area contributed by atoms with Crippen molar-refractivity contribution in [3.63, 3.8) is 0 Å². The highest BCUT2D eigenvalue weighted by Crippen LogP contribution is 2.23. The molecule has 1 aliphatic rings. The van der Waals surface area contributed by atoms with Crippen LogP contribution >= 0.6 is 0 Å². The van der Waals surface area contributed by atoms with Crippen LogP contribution in [0, 0.1) is 0 Å². The van der Waals surface area contributed by atoms with E-state index in [1.54, 1.807) is 25.4 Å². The number of nitrogens with zero attached hydrogens (tertiary/aromatic N) is 4. The van der Waals surface area contributed by atoms with Crippen LogP contribution in [0.5, 0.6) is 5.75 Å². The summed E-state index contributed by atoms with van der Waals surface area (Å²) in [6.45, 7) is 2.01. The molecule has 1 amide bonds. The lowest BCUT2D eigenvalue weighted by Gasteiger charge is -2.24. The van der Waals surface area contributed by atoms with E-state index in [0.717, 1.165) is 13.0 Å². The highest BCUT2D eigenvalue weighted by Gasteiger charge is 2.30. The van der Waals surface area contributed by atoms with Gasteiger partial charge < -0.3 is 15.4 Å². The number of hydrogen-bond donors (Lipinski definition) is 1. The van der Waals surface area contributed by atoms with E-state index in [2.05, 4.69) is 14.9 Å². The molecule has 2 heterocycles. The Morgan fingerprint density at radius 1 is 1.40 bits per heavy atom. The molecule has 0 bridgehead atoms. The second-order valence-electron chi connectivity index (χ2n) is 6.21. The predicted molar refractivity (Wildman–Crippen MR) is 95.2 cm³/mol. The van der Waals surface area contributed by atoms with Crippen molar-refractivity contribution in [2.75, 3.05) is 33.0 Å².